The van der Waals surface area contributed by atoms with Gasteiger partial charge >= 0.3 is 0 Å². The van der Waals surface area contributed by atoms with Gasteiger partial charge in [-0.25, -0.2) is 4.98 Å². The van der Waals surface area contributed by atoms with Crippen LogP contribution < -0.4 is 4.90 Å². The number of carbonyl (C=O) groups is 1. The number of aldehydes is 1. The van der Waals surface area contributed by atoms with Crippen molar-refractivity contribution in [1.82, 2.24) is 4.98 Å². The van der Waals surface area contributed by atoms with Gasteiger partial charge in [-0.3, -0.25) is 4.79 Å². The summed E-state index contributed by atoms with van der Waals surface area (Å²) in [5, 5.41) is 1.02. The summed E-state index contributed by atoms with van der Waals surface area (Å²) in [6, 6.07) is 0. The molecule has 0 aromatic carbocycles. The number of hydrogen-bond acceptors (Lipinski definition) is 4. The molecule has 3 rings (SSSR count). The zero-order valence-corrected chi connectivity index (χ0v) is 7.96. The molecule has 0 spiro atoms. The molecule has 68 valence electrons. The van der Waals surface area contributed by atoms with Crippen LogP contribution in [0.1, 0.15) is 16.1 Å². The molecule has 2 fully saturated rings. The van der Waals surface area contributed by atoms with E-state index >= 15 is 0 Å². The first kappa shape index (κ1) is 7.50. The average Bonchev–Trinajstić information content (AvgIpc) is 2.67. The Hall–Kier alpha value is -0.900. The lowest BCUT2D eigenvalue weighted by atomic mass is 10.4. The van der Waals surface area contributed by atoms with E-state index in [2.05, 4.69) is 9.88 Å². The molecule has 1 saturated heterocycles. The summed E-state index contributed by atoms with van der Waals surface area (Å²) in [7, 11) is 0. The molecule has 2 unspecified atom stereocenters. The fraction of sp³-hybridized carbons (Fsp3) is 0.556. The fourth-order valence-electron chi connectivity index (χ4n) is 2.03. The topological polar surface area (TPSA) is 33.2 Å². The Morgan fingerprint density at radius 3 is 2.92 bits per heavy atom. The standard InChI is InChI=1S/C9H10N2OS/c12-5-8-2-10-9(13-8)11-3-6-1-7(6)4-11/h2,5-7H,1,3-4H2. The fourth-order valence-corrected chi connectivity index (χ4v) is 2.78. The number of hydrogen-bond donors (Lipinski definition) is 0. The molecule has 1 aromatic rings. The number of thiazole rings is 1. The summed E-state index contributed by atoms with van der Waals surface area (Å²) in [6.07, 6.45) is 3.94. The van der Waals surface area contributed by atoms with E-state index in [0.717, 1.165) is 41.2 Å². The van der Waals surface area contributed by atoms with Crippen LogP contribution in [0.15, 0.2) is 6.20 Å². The number of piperidine rings is 1. The minimum absolute atomic E-state index is 0.732. The van der Waals surface area contributed by atoms with Crippen LogP contribution in [-0.4, -0.2) is 24.4 Å². The lowest BCUT2D eigenvalue weighted by Crippen LogP contribution is -2.21. The van der Waals surface area contributed by atoms with Gasteiger partial charge in [-0.15, -0.1) is 0 Å². The van der Waals surface area contributed by atoms with Gasteiger partial charge in [0.25, 0.3) is 0 Å². The summed E-state index contributed by atoms with van der Waals surface area (Å²) < 4.78 is 0. The first-order valence-electron chi connectivity index (χ1n) is 4.53. The van der Waals surface area contributed by atoms with Crippen molar-refractivity contribution in [2.24, 2.45) is 11.8 Å². The van der Waals surface area contributed by atoms with Gasteiger partial charge in [0, 0.05) is 13.1 Å². The van der Waals surface area contributed by atoms with Crippen LogP contribution in [0.5, 0.6) is 0 Å². The van der Waals surface area contributed by atoms with Crippen molar-refractivity contribution >= 4 is 22.8 Å². The van der Waals surface area contributed by atoms with E-state index in [0.29, 0.717) is 0 Å². The smallest absolute Gasteiger partial charge is 0.185 e. The van der Waals surface area contributed by atoms with Crippen LogP contribution in [0.25, 0.3) is 0 Å². The van der Waals surface area contributed by atoms with Gasteiger partial charge in [0.05, 0.1) is 11.1 Å². The van der Waals surface area contributed by atoms with Gasteiger partial charge in [-0.1, -0.05) is 11.3 Å². The van der Waals surface area contributed by atoms with E-state index < -0.39 is 0 Å². The summed E-state index contributed by atoms with van der Waals surface area (Å²) >= 11 is 1.50. The third-order valence-electron chi connectivity index (χ3n) is 2.88. The Morgan fingerprint density at radius 2 is 2.31 bits per heavy atom. The van der Waals surface area contributed by atoms with E-state index in [9.17, 15) is 4.79 Å². The zero-order chi connectivity index (χ0) is 8.84. The van der Waals surface area contributed by atoms with E-state index in [1.807, 2.05) is 0 Å². The second kappa shape index (κ2) is 2.54. The normalized spacial score (nSPS) is 30.3. The average molecular weight is 194 g/mol. The highest BCUT2D eigenvalue weighted by molar-refractivity contribution is 7.17. The summed E-state index contributed by atoms with van der Waals surface area (Å²) in [6.45, 7) is 2.30. The van der Waals surface area contributed by atoms with Crippen molar-refractivity contribution in [3.05, 3.63) is 11.1 Å². The number of fused-ring (bicyclic) bond motifs is 1. The number of carbonyl (C=O) groups excluding carboxylic acids is 1. The third kappa shape index (κ3) is 1.16. The van der Waals surface area contributed by atoms with Gasteiger partial charge in [0.1, 0.15) is 0 Å². The Morgan fingerprint density at radius 1 is 1.54 bits per heavy atom. The van der Waals surface area contributed by atoms with E-state index in [4.69, 9.17) is 0 Å². The van der Waals surface area contributed by atoms with Crippen LogP contribution in [0, 0.1) is 11.8 Å². The van der Waals surface area contributed by atoms with Crippen LogP contribution in [-0.2, 0) is 0 Å². The van der Waals surface area contributed by atoms with Crippen molar-refractivity contribution in [1.29, 1.82) is 0 Å². The van der Waals surface area contributed by atoms with Crippen LogP contribution >= 0.6 is 11.3 Å². The van der Waals surface area contributed by atoms with Gasteiger partial charge in [0.15, 0.2) is 11.4 Å². The van der Waals surface area contributed by atoms with E-state index in [-0.39, 0.29) is 0 Å². The van der Waals surface area contributed by atoms with Crippen molar-refractivity contribution < 1.29 is 4.79 Å². The Labute approximate surface area is 80.4 Å². The molecule has 0 radical (unpaired) electrons. The Bertz CT molecular complexity index is 339. The second-order valence-corrected chi connectivity index (χ2v) is 4.86. The molecule has 0 bridgehead atoms. The largest absolute Gasteiger partial charge is 0.348 e. The minimum atomic E-state index is 0.732. The number of aromatic nitrogens is 1. The Balaban J connectivity index is 1.80. The SMILES string of the molecule is O=Cc1cnc(N2CC3CC3C2)s1. The molecule has 0 N–H and O–H groups in total. The molecule has 0 amide bonds. The lowest BCUT2D eigenvalue weighted by Gasteiger charge is -2.15. The predicted molar refractivity (Wildman–Crippen MR) is 51.3 cm³/mol. The molecule has 1 aliphatic heterocycles. The number of anilines is 1. The monoisotopic (exact) mass is 194 g/mol. The van der Waals surface area contributed by atoms with Gasteiger partial charge in [-0.05, 0) is 18.3 Å². The predicted octanol–water partition coefficient (Wildman–Crippen LogP) is 1.41. The maximum absolute atomic E-state index is 10.5. The molecular formula is C9H10N2OS. The summed E-state index contributed by atoms with van der Waals surface area (Å²) in [5.74, 6) is 1.84. The molecule has 3 nitrogen and oxygen atoms in total. The highest BCUT2D eigenvalue weighted by atomic mass is 32.1. The molecule has 13 heavy (non-hydrogen) atoms. The quantitative estimate of drug-likeness (QED) is 0.667. The van der Waals surface area contributed by atoms with Crippen molar-refractivity contribution in [2.75, 3.05) is 18.0 Å². The molecule has 2 aliphatic rings. The van der Waals surface area contributed by atoms with Crippen LogP contribution in [0.3, 0.4) is 0 Å². The second-order valence-electron chi connectivity index (χ2n) is 3.82. The van der Waals surface area contributed by atoms with E-state index in [1.165, 1.54) is 17.8 Å². The van der Waals surface area contributed by atoms with E-state index in [1.54, 1.807) is 6.20 Å². The van der Waals surface area contributed by atoms with Gasteiger partial charge in [0.2, 0.25) is 0 Å². The maximum atomic E-state index is 10.5. The first-order chi connectivity index (χ1) is 6.36. The molecule has 1 aromatic heterocycles. The van der Waals surface area contributed by atoms with Gasteiger partial charge in [-0.2, -0.15) is 0 Å². The van der Waals surface area contributed by atoms with Crippen LogP contribution in [0.4, 0.5) is 5.13 Å². The first-order valence-corrected chi connectivity index (χ1v) is 5.34. The zero-order valence-electron chi connectivity index (χ0n) is 7.14. The molecule has 2 atom stereocenters. The van der Waals surface area contributed by atoms with Gasteiger partial charge < -0.3 is 4.90 Å². The summed E-state index contributed by atoms with van der Waals surface area (Å²) in [5.41, 5.74) is 0. The molecule has 2 heterocycles. The highest BCUT2D eigenvalue weighted by Gasteiger charge is 2.45. The molecular weight excluding hydrogens is 184 g/mol. The van der Waals surface area contributed by atoms with Crippen molar-refractivity contribution in [3.63, 3.8) is 0 Å². The maximum Gasteiger partial charge on any atom is 0.185 e. The van der Waals surface area contributed by atoms with Crippen molar-refractivity contribution in [3.8, 4) is 0 Å². The summed E-state index contributed by atoms with van der Waals surface area (Å²) in [4.78, 5) is 17.7. The third-order valence-corrected chi connectivity index (χ3v) is 3.86. The Kier molecular flexibility index (Phi) is 1.47. The minimum Gasteiger partial charge on any atom is -0.348 e. The highest BCUT2D eigenvalue weighted by Crippen LogP contribution is 2.46. The molecule has 4 heteroatoms. The number of rotatable bonds is 2. The molecule has 1 aliphatic carbocycles. The lowest BCUT2D eigenvalue weighted by molar-refractivity contribution is 0.112. The number of nitrogens with zero attached hydrogens (tertiary/aromatic N) is 2. The molecule has 1 saturated carbocycles. The van der Waals surface area contributed by atoms with Crippen LogP contribution in [0.2, 0.25) is 0 Å². The van der Waals surface area contributed by atoms with Crippen molar-refractivity contribution in [2.45, 2.75) is 6.42 Å².